The minimum Gasteiger partial charge on any atom is -0.325 e. The van der Waals surface area contributed by atoms with E-state index in [1.165, 1.54) is 16.7 Å². The Labute approximate surface area is 131 Å². The molecule has 110 valence electrons. The lowest BCUT2D eigenvalue weighted by Gasteiger charge is -2.10. The van der Waals surface area contributed by atoms with Crippen LogP contribution >= 0.6 is 11.8 Å². The van der Waals surface area contributed by atoms with Crippen LogP contribution in [-0.2, 0) is 10.5 Å². The molecule has 2 aromatic rings. The first-order chi connectivity index (χ1) is 10.1. The summed E-state index contributed by atoms with van der Waals surface area (Å²) in [6.07, 6.45) is 0. The lowest BCUT2D eigenvalue weighted by Crippen LogP contribution is -2.15. The standard InChI is InChI=1S/C18H21NOS/c1-13-8-6-10-17(15(13)3)19-18(20)12-21-11-16-9-5-4-7-14(16)2/h4-10H,11-12H2,1-3H3,(H,19,20). The van der Waals surface area contributed by atoms with Crippen molar-refractivity contribution in [3.8, 4) is 0 Å². The SMILES string of the molecule is Cc1ccccc1CSCC(=O)Nc1cccc(C)c1C. The number of anilines is 1. The van der Waals surface area contributed by atoms with Crippen LogP contribution in [0.3, 0.4) is 0 Å². The first-order valence-corrected chi connectivity index (χ1v) is 8.21. The Kier molecular flexibility index (Phi) is 5.45. The molecule has 0 bridgehead atoms. The third-order valence-corrected chi connectivity index (χ3v) is 4.61. The van der Waals surface area contributed by atoms with Crippen molar-refractivity contribution in [2.24, 2.45) is 0 Å². The van der Waals surface area contributed by atoms with Gasteiger partial charge in [-0.15, -0.1) is 11.8 Å². The highest BCUT2D eigenvalue weighted by Crippen LogP contribution is 2.19. The molecule has 21 heavy (non-hydrogen) atoms. The Morgan fingerprint density at radius 3 is 2.48 bits per heavy atom. The number of benzene rings is 2. The van der Waals surface area contributed by atoms with Gasteiger partial charge in [-0.05, 0) is 49.1 Å². The van der Waals surface area contributed by atoms with Gasteiger partial charge in [-0.2, -0.15) is 0 Å². The average Bonchev–Trinajstić information content (AvgIpc) is 2.46. The van der Waals surface area contributed by atoms with Crippen molar-refractivity contribution in [1.29, 1.82) is 0 Å². The molecular formula is C18H21NOS. The van der Waals surface area contributed by atoms with Gasteiger partial charge in [0.2, 0.25) is 5.91 Å². The third kappa shape index (κ3) is 4.36. The Balaban J connectivity index is 1.85. The van der Waals surface area contributed by atoms with Gasteiger partial charge >= 0.3 is 0 Å². The zero-order valence-electron chi connectivity index (χ0n) is 12.8. The number of carbonyl (C=O) groups excluding carboxylic acids is 1. The zero-order chi connectivity index (χ0) is 15.2. The van der Waals surface area contributed by atoms with E-state index in [2.05, 4.69) is 37.4 Å². The second-order valence-corrected chi connectivity index (χ2v) is 6.20. The second-order valence-electron chi connectivity index (χ2n) is 5.21. The quantitative estimate of drug-likeness (QED) is 0.881. The van der Waals surface area contributed by atoms with Crippen molar-refractivity contribution in [2.45, 2.75) is 26.5 Å². The summed E-state index contributed by atoms with van der Waals surface area (Å²) in [6, 6.07) is 14.3. The number of nitrogens with one attached hydrogen (secondary N) is 1. The van der Waals surface area contributed by atoms with Crippen LogP contribution in [0.2, 0.25) is 0 Å². The van der Waals surface area contributed by atoms with Crippen LogP contribution in [-0.4, -0.2) is 11.7 Å². The monoisotopic (exact) mass is 299 g/mol. The Morgan fingerprint density at radius 1 is 1.00 bits per heavy atom. The van der Waals surface area contributed by atoms with Crippen molar-refractivity contribution < 1.29 is 4.79 Å². The zero-order valence-corrected chi connectivity index (χ0v) is 13.6. The fourth-order valence-corrected chi connectivity index (χ4v) is 3.00. The van der Waals surface area contributed by atoms with Gasteiger partial charge in [-0.3, -0.25) is 4.79 Å². The average molecular weight is 299 g/mol. The predicted octanol–water partition coefficient (Wildman–Crippen LogP) is 4.48. The van der Waals surface area contributed by atoms with E-state index in [9.17, 15) is 4.79 Å². The molecule has 0 atom stereocenters. The van der Waals surface area contributed by atoms with Gasteiger partial charge in [-0.1, -0.05) is 36.4 Å². The molecule has 0 aromatic heterocycles. The molecule has 0 aliphatic heterocycles. The van der Waals surface area contributed by atoms with Crippen LogP contribution in [0.15, 0.2) is 42.5 Å². The minimum absolute atomic E-state index is 0.0577. The Morgan fingerprint density at radius 2 is 1.71 bits per heavy atom. The molecule has 2 rings (SSSR count). The fraction of sp³-hybridized carbons (Fsp3) is 0.278. The summed E-state index contributed by atoms with van der Waals surface area (Å²) in [4.78, 5) is 12.0. The van der Waals surface area contributed by atoms with E-state index >= 15 is 0 Å². The summed E-state index contributed by atoms with van der Waals surface area (Å²) in [7, 11) is 0. The van der Waals surface area contributed by atoms with Crippen molar-refractivity contribution in [1.82, 2.24) is 0 Å². The first kappa shape index (κ1) is 15.6. The fourth-order valence-electron chi connectivity index (χ4n) is 2.10. The molecule has 0 saturated carbocycles. The Hall–Kier alpha value is -1.74. The van der Waals surface area contributed by atoms with Gasteiger partial charge in [0.15, 0.2) is 0 Å². The highest BCUT2D eigenvalue weighted by Gasteiger charge is 2.06. The molecule has 0 saturated heterocycles. The van der Waals surface area contributed by atoms with Crippen molar-refractivity contribution in [2.75, 3.05) is 11.1 Å². The molecule has 0 radical (unpaired) electrons. The molecule has 0 spiro atoms. The summed E-state index contributed by atoms with van der Waals surface area (Å²) in [5.41, 5.74) is 5.81. The summed E-state index contributed by atoms with van der Waals surface area (Å²) in [6.45, 7) is 6.19. The molecule has 1 amide bonds. The van der Waals surface area contributed by atoms with Crippen LogP contribution in [0, 0.1) is 20.8 Å². The van der Waals surface area contributed by atoms with Crippen LogP contribution in [0.4, 0.5) is 5.69 Å². The molecule has 2 nitrogen and oxygen atoms in total. The van der Waals surface area contributed by atoms with E-state index in [1.807, 2.05) is 31.2 Å². The number of amides is 1. The van der Waals surface area contributed by atoms with E-state index < -0.39 is 0 Å². The maximum absolute atomic E-state index is 12.0. The molecule has 0 aliphatic rings. The van der Waals surface area contributed by atoms with Crippen LogP contribution < -0.4 is 5.32 Å². The van der Waals surface area contributed by atoms with Gasteiger partial charge in [0.1, 0.15) is 0 Å². The second kappa shape index (κ2) is 7.32. The third-order valence-electron chi connectivity index (χ3n) is 3.63. The number of hydrogen-bond acceptors (Lipinski definition) is 2. The van der Waals surface area contributed by atoms with Crippen LogP contribution in [0.5, 0.6) is 0 Å². The molecule has 2 aromatic carbocycles. The summed E-state index contributed by atoms with van der Waals surface area (Å²) < 4.78 is 0. The minimum atomic E-state index is 0.0577. The number of hydrogen-bond donors (Lipinski definition) is 1. The summed E-state index contributed by atoms with van der Waals surface area (Å²) >= 11 is 1.65. The lowest BCUT2D eigenvalue weighted by molar-refractivity contribution is -0.113. The van der Waals surface area contributed by atoms with Crippen LogP contribution in [0.1, 0.15) is 22.3 Å². The molecular weight excluding hydrogens is 278 g/mol. The van der Waals surface area contributed by atoms with E-state index in [1.54, 1.807) is 11.8 Å². The van der Waals surface area contributed by atoms with Crippen molar-refractivity contribution in [3.63, 3.8) is 0 Å². The predicted molar refractivity (Wildman–Crippen MR) is 91.9 cm³/mol. The van der Waals surface area contributed by atoms with Crippen molar-refractivity contribution in [3.05, 3.63) is 64.7 Å². The molecule has 0 heterocycles. The maximum Gasteiger partial charge on any atom is 0.234 e. The number of rotatable bonds is 5. The Bertz CT molecular complexity index is 637. The highest BCUT2D eigenvalue weighted by atomic mass is 32.2. The van der Waals surface area contributed by atoms with Gasteiger partial charge in [0, 0.05) is 11.4 Å². The van der Waals surface area contributed by atoms with E-state index in [0.717, 1.165) is 17.0 Å². The lowest BCUT2D eigenvalue weighted by atomic mass is 10.1. The van der Waals surface area contributed by atoms with Gasteiger partial charge in [0.05, 0.1) is 5.75 Å². The number of aryl methyl sites for hydroxylation is 2. The molecule has 0 fully saturated rings. The van der Waals surface area contributed by atoms with E-state index in [-0.39, 0.29) is 5.91 Å². The highest BCUT2D eigenvalue weighted by molar-refractivity contribution is 7.99. The van der Waals surface area contributed by atoms with Gasteiger partial charge in [-0.25, -0.2) is 0 Å². The number of carbonyl (C=O) groups is 1. The largest absolute Gasteiger partial charge is 0.325 e. The topological polar surface area (TPSA) is 29.1 Å². The van der Waals surface area contributed by atoms with Crippen LogP contribution in [0.25, 0.3) is 0 Å². The summed E-state index contributed by atoms with van der Waals surface area (Å²) in [5.74, 6) is 1.40. The normalized spacial score (nSPS) is 10.4. The van der Waals surface area contributed by atoms with E-state index in [4.69, 9.17) is 0 Å². The molecule has 1 N–H and O–H groups in total. The van der Waals surface area contributed by atoms with E-state index in [0.29, 0.717) is 5.75 Å². The number of thioether (sulfide) groups is 1. The van der Waals surface area contributed by atoms with Gasteiger partial charge < -0.3 is 5.32 Å². The molecule has 0 aliphatic carbocycles. The summed E-state index contributed by atoms with van der Waals surface area (Å²) in [5, 5.41) is 2.99. The van der Waals surface area contributed by atoms with Gasteiger partial charge in [0.25, 0.3) is 0 Å². The smallest absolute Gasteiger partial charge is 0.234 e. The molecule has 0 unspecified atom stereocenters. The maximum atomic E-state index is 12.0. The van der Waals surface area contributed by atoms with Crippen molar-refractivity contribution >= 4 is 23.4 Å². The molecule has 3 heteroatoms. The first-order valence-electron chi connectivity index (χ1n) is 7.06.